The Balaban J connectivity index is 2.36. The summed E-state index contributed by atoms with van der Waals surface area (Å²) < 4.78 is 20.2. The number of hydrogen-bond donors (Lipinski definition) is 1. The highest BCUT2D eigenvalue weighted by molar-refractivity contribution is 6.32. The van der Waals surface area contributed by atoms with Gasteiger partial charge < -0.3 is 9.64 Å². The van der Waals surface area contributed by atoms with Crippen molar-refractivity contribution in [3.8, 4) is 0 Å². The molecule has 0 amide bonds. The van der Waals surface area contributed by atoms with E-state index in [4.69, 9.17) is 33.3 Å². The first-order valence-corrected chi connectivity index (χ1v) is 9.95. The molecule has 1 aliphatic carbocycles. The summed E-state index contributed by atoms with van der Waals surface area (Å²) in [5, 5.41) is 8.73. The number of hydrogen-bond acceptors (Lipinski definition) is 3. The Kier molecular flexibility index (Phi) is 8.31. The van der Waals surface area contributed by atoms with Gasteiger partial charge in [0.25, 0.3) is 0 Å². The van der Waals surface area contributed by atoms with Crippen LogP contribution in [0.3, 0.4) is 0 Å². The Morgan fingerprint density at radius 1 is 1.40 bits per heavy atom. The molecule has 0 aromatic rings. The number of piperidine rings is 1. The van der Waals surface area contributed by atoms with Crippen LogP contribution in [0.4, 0.5) is 4.39 Å². The van der Waals surface area contributed by atoms with Gasteiger partial charge in [-0.3, -0.25) is 5.41 Å². The van der Waals surface area contributed by atoms with Gasteiger partial charge in [-0.05, 0) is 62.8 Å². The number of rotatable bonds is 7. The average Bonchev–Trinajstić information content (AvgIpc) is 2.76. The molecule has 1 aliphatic heterocycles. The first-order chi connectivity index (χ1) is 12.1. The molecule has 1 N–H and O–H groups in total. The van der Waals surface area contributed by atoms with Crippen LogP contribution < -0.4 is 0 Å². The Morgan fingerprint density at radius 2 is 2.12 bits per heavy atom. The lowest BCUT2D eigenvalue weighted by Gasteiger charge is -2.32. The molecule has 0 bridgehead atoms. The third-order valence-electron chi connectivity index (χ3n) is 4.61. The topological polar surface area (TPSA) is 36.3 Å². The molecular formula is C19H27Cl2FN2O. The van der Waals surface area contributed by atoms with Crippen LogP contribution in [0, 0.1) is 11.3 Å². The summed E-state index contributed by atoms with van der Waals surface area (Å²) in [6.45, 7) is 3.99. The highest BCUT2D eigenvalue weighted by Crippen LogP contribution is 2.33. The summed E-state index contributed by atoms with van der Waals surface area (Å²) in [7, 11) is 0. The first kappa shape index (κ1) is 20.3. The van der Waals surface area contributed by atoms with E-state index < -0.39 is 6.17 Å². The lowest BCUT2D eigenvalue weighted by Crippen LogP contribution is -2.33. The first-order valence-electron chi connectivity index (χ1n) is 9.04. The molecule has 2 aliphatic rings. The third-order valence-corrected chi connectivity index (χ3v) is 5.22. The van der Waals surface area contributed by atoms with Gasteiger partial charge in [-0.15, -0.1) is 11.6 Å². The van der Waals surface area contributed by atoms with Crippen molar-refractivity contribution >= 4 is 29.1 Å². The standard InChI is InChI=1S/C19H27Cl2FN2O/c1-2-25-19(23)14(7-6-10-20)15-13-18(17(22)9-8-16(15)21)24-11-4-3-5-12-24/h8-9,13-14,17,23H,2-7,10-12H2,1H3. The highest BCUT2D eigenvalue weighted by atomic mass is 35.5. The second-order valence-electron chi connectivity index (χ2n) is 6.36. The lowest BCUT2D eigenvalue weighted by molar-refractivity contribution is 0.244. The summed E-state index contributed by atoms with van der Waals surface area (Å²) >= 11 is 12.3. The maximum Gasteiger partial charge on any atom is 0.188 e. The van der Waals surface area contributed by atoms with E-state index in [0.29, 0.717) is 29.6 Å². The number of halogens is 3. The number of allylic oxidation sites excluding steroid dienone is 4. The molecule has 25 heavy (non-hydrogen) atoms. The van der Waals surface area contributed by atoms with Crippen molar-refractivity contribution in [3.63, 3.8) is 0 Å². The van der Waals surface area contributed by atoms with E-state index in [1.54, 1.807) is 6.08 Å². The van der Waals surface area contributed by atoms with Gasteiger partial charge in [-0.1, -0.05) is 11.6 Å². The number of nitrogens with zero attached hydrogens (tertiary/aromatic N) is 1. The SMILES string of the molecule is CCOC(=N)C(CCCCl)C1=C(Cl)C=CC(F)C(N2CCCCC2)=C1. The van der Waals surface area contributed by atoms with Gasteiger partial charge in [0.15, 0.2) is 12.1 Å². The molecule has 3 nitrogen and oxygen atoms in total. The fourth-order valence-corrected chi connectivity index (χ4v) is 3.74. The maximum atomic E-state index is 14.7. The highest BCUT2D eigenvalue weighted by Gasteiger charge is 2.27. The van der Waals surface area contributed by atoms with Crippen LogP contribution >= 0.6 is 23.2 Å². The zero-order valence-corrected chi connectivity index (χ0v) is 16.3. The molecule has 2 rings (SSSR count). The van der Waals surface area contributed by atoms with Gasteiger partial charge in [-0.25, -0.2) is 4.39 Å². The van der Waals surface area contributed by atoms with E-state index >= 15 is 0 Å². The van der Waals surface area contributed by atoms with Crippen molar-refractivity contribution in [3.05, 3.63) is 34.5 Å². The van der Waals surface area contributed by atoms with Crippen molar-refractivity contribution < 1.29 is 9.13 Å². The fourth-order valence-electron chi connectivity index (χ4n) is 3.32. The Morgan fingerprint density at radius 3 is 2.76 bits per heavy atom. The monoisotopic (exact) mass is 388 g/mol. The minimum Gasteiger partial charge on any atom is -0.481 e. The van der Waals surface area contributed by atoms with Crippen LogP contribution in [0.15, 0.2) is 34.5 Å². The van der Waals surface area contributed by atoms with Gasteiger partial charge in [0, 0.05) is 24.0 Å². The number of alkyl halides is 2. The van der Waals surface area contributed by atoms with Crippen LogP contribution in [0.2, 0.25) is 0 Å². The van der Waals surface area contributed by atoms with Crippen molar-refractivity contribution in [2.75, 3.05) is 25.6 Å². The molecule has 1 fully saturated rings. The quantitative estimate of drug-likeness (QED) is 0.359. The number of likely N-dealkylation sites (tertiary alicyclic amines) is 1. The summed E-state index contributed by atoms with van der Waals surface area (Å²) in [4.78, 5) is 2.11. The van der Waals surface area contributed by atoms with E-state index in [1.165, 1.54) is 12.5 Å². The van der Waals surface area contributed by atoms with Crippen LogP contribution in [-0.4, -0.2) is 42.5 Å². The van der Waals surface area contributed by atoms with Crippen LogP contribution in [0.5, 0.6) is 0 Å². The van der Waals surface area contributed by atoms with Crippen molar-refractivity contribution in [1.82, 2.24) is 4.90 Å². The van der Waals surface area contributed by atoms with E-state index in [0.717, 1.165) is 37.9 Å². The summed E-state index contributed by atoms with van der Waals surface area (Å²) in [6, 6.07) is 0. The molecular weight excluding hydrogens is 362 g/mol. The predicted molar refractivity (Wildman–Crippen MR) is 103 cm³/mol. The molecule has 0 radical (unpaired) electrons. The second kappa shape index (κ2) is 10.2. The van der Waals surface area contributed by atoms with Gasteiger partial charge in [0.1, 0.15) is 0 Å². The largest absolute Gasteiger partial charge is 0.481 e. The zero-order chi connectivity index (χ0) is 18.2. The third kappa shape index (κ3) is 5.49. The molecule has 0 aromatic carbocycles. The van der Waals surface area contributed by atoms with E-state index in [2.05, 4.69) is 4.90 Å². The summed E-state index contributed by atoms with van der Waals surface area (Å²) in [5.74, 6) is 0.368. The number of ether oxygens (including phenoxy) is 1. The van der Waals surface area contributed by atoms with Gasteiger partial charge in [-0.2, -0.15) is 0 Å². The minimum atomic E-state index is -1.18. The van der Waals surface area contributed by atoms with Crippen LogP contribution in [0.25, 0.3) is 0 Å². The molecule has 140 valence electrons. The zero-order valence-electron chi connectivity index (χ0n) is 14.7. The van der Waals surface area contributed by atoms with E-state index in [-0.39, 0.29) is 11.8 Å². The average molecular weight is 389 g/mol. The van der Waals surface area contributed by atoms with E-state index in [1.807, 2.05) is 13.0 Å². The maximum absolute atomic E-state index is 14.7. The smallest absolute Gasteiger partial charge is 0.188 e. The molecule has 0 aromatic heterocycles. The Labute approximate surface area is 160 Å². The summed E-state index contributed by atoms with van der Waals surface area (Å²) in [6.07, 6.45) is 8.50. The molecule has 1 heterocycles. The lowest BCUT2D eigenvalue weighted by atomic mass is 9.92. The van der Waals surface area contributed by atoms with Crippen molar-refractivity contribution in [2.24, 2.45) is 5.92 Å². The molecule has 0 spiro atoms. The second-order valence-corrected chi connectivity index (χ2v) is 7.15. The van der Waals surface area contributed by atoms with Crippen LogP contribution in [0.1, 0.15) is 39.0 Å². The van der Waals surface area contributed by atoms with Gasteiger partial charge in [0.2, 0.25) is 0 Å². The molecule has 2 atom stereocenters. The summed E-state index contributed by atoms with van der Waals surface area (Å²) in [5.41, 5.74) is 1.39. The Bertz CT molecular complexity index is 554. The molecule has 1 saturated heterocycles. The van der Waals surface area contributed by atoms with Crippen molar-refractivity contribution in [1.29, 1.82) is 5.41 Å². The molecule has 2 unspecified atom stereocenters. The number of nitrogens with one attached hydrogen (secondary N) is 1. The molecule has 0 saturated carbocycles. The van der Waals surface area contributed by atoms with Crippen molar-refractivity contribution in [2.45, 2.75) is 45.2 Å². The molecule has 6 heteroatoms. The Hall–Kier alpha value is -1.00. The predicted octanol–water partition coefficient (Wildman–Crippen LogP) is 5.41. The van der Waals surface area contributed by atoms with Crippen LogP contribution in [-0.2, 0) is 4.74 Å². The van der Waals surface area contributed by atoms with Gasteiger partial charge in [0.05, 0.1) is 18.2 Å². The minimum absolute atomic E-state index is 0.167. The van der Waals surface area contributed by atoms with Gasteiger partial charge >= 0.3 is 0 Å². The normalized spacial score (nSPS) is 22.5. The van der Waals surface area contributed by atoms with E-state index in [9.17, 15) is 4.39 Å². The fraction of sp³-hybridized carbons (Fsp3) is 0.632.